The molecule has 8 heteroatoms. The van der Waals surface area contributed by atoms with Crippen LogP contribution >= 0.6 is 11.6 Å². The Balaban J connectivity index is 2.17. The molecule has 0 fully saturated rings. The van der Waals surface area contributed by atoms with Crippen LogP contribution in [-0.2, 0) is 0 Å². The summed E-state index contributed by atoms with van der Waals surface area (Å²) in [6, 6.07) is 3.07. The van der Waals surface area contributed by atoms with Crippen molar-refractivity contribution < 1.29 is 9.42 Å². The monoisotopic (exact) mass is 239 g/mol. The molecule has 0 aliphatic heterocycles. The fourth-order valence-electron chi connectivity index (χ4n) is 1.02. The topological polar surface area (TPSA) is 107 Å². The summed E-state index contributed by atoms with van der Waals surface area (Å²) in [5, 5.41) is 9.44. The minimum atomic E-state index is -0.527. The third-order valence-electron chi connectivity index (χ3n) is 1.71. The molecule has 0 aliphatic rings. The number of carbonyl (C=O) groups is 1. The molecule has 0 aliphatic carbocycles. The van der Waals surface area contributed by atoms with Crippen molar-refractivity contribution in [1.29, 1.82) is 0 Å². The molecule has 0 aromatic carbocycles. The van der Waals surface area contributed by atoms with Crippen molar-refractivity contribution in [2.24, 2.45) is 0 Å². The summed E-state index contributed by atoms with van der Waals surface area (Å²) >= 11 is 5.65. The van der Waals surface area contributed by atoms with Crippen molar-refractivity contribution in [3.05, 3.63) is 29.2 Å². The molecular weight excluding hydrogens is 234 g/mol. The lowest BCUT2D eigenvalue weighted by Crippen LogP contribution is -2.14. The Morgan fingerprint density at radius 3 is 2.94 bits per heavy atom. The molecule has 7 nitrogen and oxygen atoms in total. The van der Waals surface area contributed by atoms with Gasteiger partial charge in [-0.2, -0.15) is 0 Å². The highest BCUT2D eigenvalue weighted by Gasteiger charge is 2.15. The first-order valence-corrected chi connectivity index (χ1v) is 4.55. The van der Waals surface area contributed by atoms with E-state index in [2.05, 4.69) is 25.2 Å². The third-order valence-corrected chi connectivity index (χ3v) is 1.92. The molecule has 16 heavy (non-hydrogen) atoms. The Kier molecular flexibility index (Phi) is 2.69. The maximum Gasteiger partial charge on any atom is 0.281 e. The van der Waals surface area contributed by atoms with Gasteiger partial charge in [0, 0.05) is 11.9 Å². The van der Waals surface area contributed by atoms with E-state index in [4.69, 9.17) is 17.3 Å². The van der Waals surface area contributed by atoms with Crippen molar-refractivity contribution in [2.75, 3.05) is 11.1 Å². The molecule has 2 aromatic heterocycles. The van der Waals surface area contributed by atoms with Crippen molar-refractivity contribution in [1.82, 2.24) is 15.3 Å². The van der Waals surface area contributed by atoms with Gasteiger partial charge in [0.1, 0.15) is 5.15 Å². The van der Waals surface area contributed by atoms with Gasteiger partial charge < -0.3 is 11.1 Å². The number of hydrogen-bond acceptors (Lipinski definition) is 6. The number of nitrogen functional groups attached to an aromatic ring is 1. The first-order valence-electron chi connectivity index (χ1n) is 4.18. The average molecular weight is 240 g/mol. The lowest BCUT2D eigenvalue weighted by molar-refractivity contribution is 0.101. The van der Waals surface area contributed by atoms with Gasteiger partial charge in [-0.3, -0.25) is 4.79 Å². The summed E-state index contributed by atoms with van der Waals surface area (Å²) in [5.41, 5.74) is 5.76. The van der Waals surface area contributed by atoms with Gasteiger partial charge in [0.05, 0.1) is 0 Å². The molecule has 2 heterocycles. The molecule has 1 amide bonds. The lowest BCUT2D eigenvalue weighted by Gasteiger charge is -2.02. The standard InChI is InChI=1S/C8H6ClN5O2/c9-5-3-4(1-2-11-5)12-8(15)6-7(10)14-16-13-6/h1-3H,(H2,10,14)(H,11,12,15). The van der Waals surface area contributed by atoms with Gasteiger partial charge in [-0.1, -0.05) is 11.6 Å². The maximum atomic E-state index is 11.6. The molecule has 2 rings (SSSR count). The number of amides is 1. The number of nitrogens with one attached hydrogen (secondary N) is 1. The number of hydrogen-bond donors (Lipinski definition) is 2. The summed E-state index contributed by atoms with van der Waals surface area (Å²) < 4.78 is 4.30. The van der Waals surface area contributed by atoms with Gasteiger partial charge in [0.15, 0.2) is 0 Å². The molecule has 0 atom stereocenters. The number of nitrogens with zero attached hydrogens (tertiary/aromatic N) is 3. The van der Waals surface area contributed by atoms with Crippen LogP contribution in [0.5, 0.6) is 0 Å². The fraction of sp³-hybridized carbons (Fsp3) is 0. The maximum absolute atomic E-state index is 11.6. The summed E-state index contributed by atoms with van der Waals surface area (Å²) in [6.07, 6.45) is 1.46. The van der Waals surface area contributed by atoms with E-state index in [-0.39, 0.29) is 16.7 Å². The van der Waals surface area contributed by atoms with Gasteiger partial charge in [0.25, 0.3) is 5.91 Å². The Bertz CT molecular complexity index is 527. The van der Waals surface area contributed by atoms with E-state index in [1.54, 1.807) is 6.07 Å². The van der Waals surface area contributed by atoms with Crippen LogP contribution < -0.4 is 11.1 Å². The second-order valence-corrected chi connectivity index (χ2v) is 3.21. The van der Waals surface area contributed by atoms with E-state index < -0.39 is 5.91 Å². The van der Waals surface area contributed by atoms with Crippen molar-refractivity contribution in [3.63, 3.8) is 0 Å². The molecule has 0 radical (unpaired) electrons. The zero-order chi connectivity index (χ0) is 11.5. The minimum Gasteiger partial charge on any atom is -0.379 e. The number of pyridine rings is 1. The van der Waals surface area contributed by atoms with Crippen molar-refractivity contribution in [3.8, 4) is 0 Å². The highest BCUT2D eigenvalue weighted by molar-refractivity contribution is 6.29. The number of rotatable bonds is 2. The van der Waals surface area contributed by atoms with Crippen LogP contribution in [0.15, 0.2) is 23.0 Å². The van der Waals surface area contributed by atoms with E-state index in [1.807, 2.05) is 0 Å². The molecule has 0 saturated carbocycles. The van der Waals surface area contributed by atoms with Crippen LogP contribution in [0.25, 0.3) is 0 Å². The predicted molar refractivity (Wildman–Crippen MR) is 55.9 cm³/mol. The minimum absolute atomic E-state index is 0.0716. The van der Waals surface area contributed by atoms with E-state index >= 15 is 0 Å². The molecule has 0 spiro atoms. The van der Waals surface area contributed by atoms with Crippen LogP contribution in [0, 0.1) is 0 Å². The zero-order valence-corrected chi connectivity index (χ0v) is 8.60. The molecule has 0 bridgehead atoms. The summed E-state index contributed by atoms with van der Waals surface area (Å²) in [6.45, 7) is 0. The molecule has 0 saturated heterocycles. The first-order chi connectivity index (χ1) is 7.66. The lowest BCUT2D eigenvalue weighted by atomic mass is 10.3. The van der Waals surface area contributed by atoms with E-state index in [9.17, 15) is 4.79 Å². The molecule has 2 aromatic rings. The number of anilines is 2. The number of halogens is 1. The van der Waals surface area contributed by atoms with Gasteiger partial charge in [-0.25, -0.2) is 9.61 Å². The Morgan fingerprint density at radius 1 is 1.50 bits per heavy atom. The van der Waals surface area contributed by atoms with Crippen LogP contribution in [0.1, 0.15) is 10.5 Å². The Labute approximate surface area is 94.6 Å². The van der Waals surface area contributed by atoms with Crippen LogP contribution in [-0.4, -0.2) is 21.2 Å². The number of carbonyl (C=O) groups excluding carboxylic acids is 1. The highest BCUT2D eigenvalue weighted by Crippen LogP contribution is 2.14. The average Bonchev–Trinajstić information content (AvgIpc) is 2.64. The van der Waals surface area contributed by atoms with Crippen molar-refractivity contribution in [2.45, 2.75) is 0 Å². The first kappa shape index (κ1) is 10.4. The molecular formula is C8H6ClN5O2. The van der Waals surface area contributed by atoms with E-state index in [0.29, 0.717) is 5.69 Å². The van der Waals surface area contributed by atoms with Gasteiger partial charge in [-0.15, -0.1) is 0 Å². The largest absolute Gasteiger partial charge is 0.379 e. The number of aromatic nitrogens is 3. The predicted octanol–water partition coefficient (Wildman–Crippen LogP) is 0.952. The quantitative estimate of drug-likeness (QED) is 0.756. The Hall–Kier alpha value is -2.15. The normalized spacial score (nSPS) is 10.1. The second kappa shape index (κ2) is 4.15. The van der Waals surface area contributed by atoms with Crippen LogP contribution in [0.2, 0.25) is 5.15 Å². The van der Waals surface area contributed by atoms with E-state index in [0.717, 1.165) is 0 Å². The smallest absolute Gasteiger partial charge is 0.281 e. The zero-order valence-electron chi connectivity index (χ0n) is 7.85. The number of nitrogens with two attached hydrogens (primary N) is 1. The summed E-state index contributed by atoms with van der Waals surface area (Å²) in [5.74, 6) is -0.598. The van der Waals surface area contributed by atoms with Crippen LogP contribution in [0.4, 0.5) is 11.5 Å². The van der Waals surface area contributed by atoms with E-state index in [1.165, 1.54) is 12.3 Å². The summed E-state index contributed by atoms with van der Waals surface area (Å²) in [4.78, 5) is 15.4. The highest BCUT2D eigenvalue weighted by atomic mass is 35.5. The Morgan fingerprint density at radius 2 is 2.31 bits per heavy atom. The van der Waals surface area contributed by atoms with Crippen LogP contribution in [0.3, 0.4) is 0 Å². The fourth-order valence-corrected chi connectivity index (χ4v) is 1.20. The molecule has 3 N–H and O–H groups in total. The van der Waals surface area contributed by atoms with Gasteiger partial charge in [0.2, 0.25) is 11.5 Å². The molecule has 0 unspecified atom stereocenters. The summed E-state index contributed by atoms with van der Waals surface area (Å²) in [7, 11) is 0. The van der Waals surface area contributed by atoms with Crippen molar-refractivity contribution >= 4 is 29.0 Å². The second-order valence-electron chi connectivity index (χ2n) is 2.82. The SMILES string of the molecule is Nc1nonc1C(=O)Nc1ccnc(Cl)c1. The van der Waals surface area contributed by atoms with Gasteiger partial charge >= 0.3 is 0 Å². The third kappa shape index (κ3) is 2.09. The van der Waals surface area contributed by atoms with Gasteiger partial charge in [-0.05, 0) is 22.4 Å². The molecule has 82 valence electrons.